The fourth-order valence-electron chi connectivity index (χ4n) is 3.48. The zero-order valence-electron chi connectivity index (χ0n) is 14.1. The van der Waals surface area contributed by atoms with E-state index in [0.717, 1.165) is 12.0 Å². The van der Waals surface area contributed by atoms with Crippen LogP contribution in [-0.2, 0) is 0 Å². The van der Waals surface area contributed by atoms with Crippen LogP contribution in [-0.4, -0.2) is 25.2 Å². The van der Waals surface area contributed by atoms with Crippen molar-refractivity contribution in [3.8, 4) is 0 Å². The van der Waals surface area contributed by atoms with E-state index < -0.39 is 0 Å². The summed E-state index contributed by atoms with van der Waals surface area (Å²) in [5, 5.41) is 7.33. The van der Waals surface area contributed by atoms with E-state index in [2.05, 4.69) is 60.9 Å². The zero-order chi connectivity index (χ0) is 14.7. The van der Waals surface area contributed by atoms with Crippen molar-refractivity contribution >= 4 is 30.9 Å². The Hall–Kier alpha value is -0.540. The molecule has 2 fully saturated rings. The number of rotatable bonds is 5. The molecule has 0 spiro atoms. The molecule has 130 valence electrons. The Bertz CT molecular complexity index is 481. The van der Waals surface area contributed by atoms with Crippen LogP contribution in [0.25, 0.3) is 6.08 Å². The maximum Gasteiger partial charge on any atom is 0.0142 e. The highest BCUT2D eigenvalue weighted by Crippen LogP contribution is 2.42. The van der Waals surface area contributed by atoms with Gasteiger partial charge < -0.3 is 10.6 Å². The monoisotopic (exact) mass is 356 g/mol. The van der Waals surface area contributed by atoms with Gasteiger partial charge >= 0.3 is 0 Å². The van der Waals surface area contributed by atoms with E-state index in [1.165, 1.54) is 37.9 Å². The van der Waals surface area contributed by atoms with Crippen LogP contribution in [0.15, 0.2) is 35.9 Å². The lowest BCUT2D eigenvalue weighted by Crippen LogP contribution is -2.41. The summed E-state index contributed by atoms with van der Waals surface area (Å²) < 4.78 is 0. The Balaban J connectivity index is 0.00000132. The molecule has 2 aliphatic rings. The van der Waals surface area contributed by atoms with E-state index in [4.69, 9.17) is 0 Å². The highest BCUT2D eigenvalue weighted by Gasteiger charge is 2.41. The molecule has 0 aromatic heterocycles. The fraction of sp³-hybridized carbons (Fsp3) is 0.579. The molecule has 0 amide bonds. The Morgan fingerprint density at radius 3 is 2.39 bits per heavy atom. The van der Waals surface area contributed by atoms with Crippen LogP contribution in [0.4, 0.5) is 0 Å². The second kappa shape index (κ2) is 9.68. The van der Waals surface area contributed by atoms with Gasteiger partial charge in [0.1, 0.15) is 0 Å². The Morgan fingerprint density at radius 1 is 1.13 bits per heavy atom. The molecule has 1 saturated heterocycles. The number of hydrogen-bond donors (Lipinski definition) is 2. The van der Waals surface area contributed by atoms with Gasteiger partial charge in [-0.1, -0.05) is 55.8 Å². The smallest absolute Gasteiger partial charge is 0.0142 e. The van der Waals surface area contributed by atoms with Crippen molar-refractivity contribution in [1.29, 1.82) is 0 Å². The third kappa shape index (κ3) is 5.79. The molecule has 2 N–H and O–H groups in total. The minimum Gasteiger partial charge on any atom is -0.317 e. The molecule has 0 bridgehead atoms. The van der Waals surface area contributed by atoms with Gasteiger partial charge in [-0.15, -0.1) is 24.8 Å². The van der Waals surface area contributed by atoms with E-state index >= 15 is 0 Å². The topological polar surface area (TPSA) is 24.1 Å². The third-order valence-electron chi connectivity index (χ3n) is 4.81. The summed E-state index contributed by atoms with van der Waals surface area (Å²) in [6.07, 6.45) is 6.30. The summed E-state index contributed by atoms with van der Waals surface area (Å²) in [6.45, 7) is 7.00. The van der Waals surface area contributed by atoms with Crippen molar-refractivity contribution in [1.82, 2.24) is 10.6 Å². The molecule has 1 aromatic carbocycles. The van der Waals surface area contributed by atoms with Gasteiger partial charge in [0.05, 0.1) is 0 Å². The van der Waals surface area contributed by atoms with Crippen LogP contribution >= 0.6 is 24.8 Å². The second-order valence-electron chi connectivity index (χ2n) is 6.85. The summed E-state index contributed by atoms with van der Waals surface area (Å²) in [7, 11) is 0. The van der Waals surface area contributed by atoms with E-state index in [1.807, 2.05) is 0 Å². The maximum absolute atomic E-state index is 3.88. The second-order valence-corrected chi connectivity index (χ2v) is 6.85. The minimum absolute atomic E-state index is 0. The molecule has 1 heterocycles. The first-order valence-electron chi connectivity index (χ1n) is 8.47. The van der Waals surface area contributed by atoms with Crippen LogP contribution in [0.1, 0.15) is 38.7 Å². The van der Waals surface area contributed by atoms with Gasteiger partial charge in [-0.05, 0) is 49.8 Å². The van der Waals surface area contributed by atoms with Gasteiger partial charge in [-0.2, -0.15) is 0 Å². The molecule has 4 heteroatoms. The minimum atomic E-state index is 0. The van der Waals surface area contributed by atoms with Gasteiger partial charge in [0, 0.05) is 12.1 Å². The summed E-state index contributed by atoms with van der Waals surface area (Å²) in [5.41, 5.74) is 2.96. The lowest BCUT2D eigenvalue weighted by molar-refractivity contribution is 0.380. The Labute approximate surface area is 153 Å². The predicted octanol–water partition coefficient (Wildman–Crippen LogP) is 4.30. The maximum atomic E-state index is 3.88. The van der Waals surface area contributed by atoms with E-state index in [9.17, 15) is 0 Å². The van der Waals surface area contributed by atoms with Crippen LogP contribution in [0.5, 0.6) is 0 Å². The number of hydrogen-bond acceptors (Lipinski definition) is 2. The highest BCUT2D eigenvalue weighted by atomic mass is 35.5. The largest absolute Gasteiger partial charge is 0.317 e. The Morgan fingerprint density at radius 2 is 1.78 bits per heavy atom. The first-order chi connectivity index (χ1) is 10.2. The normalized spacial score (nSPS) is 24.7. The number of benzene rings is 1. The molecular weight excluding hydrogens is 327 g/mol. The predicted molar refractivity (Wildman–Crippen MR) is 105 cm³/mol. The average molecular weight is 357 g/mol. The van der Waals surface area contributed by atoms with Crippen LogP contribution in [0.2, 0.25) is 0 Å². The molecule has 1 saturated carbocycles. The summed E-state index contributed by atoms with van der Waals surface area (Å²) in [6, 6.07) is 12.2. The van der Waals surface area contributed by atoms with Crippen LogP contribution in [0.3, 0.4) is 0 Å². The van der Waals surface area contributed by atoms with E-state index in [0.29, 0.717) is 12.0 Å². The van der Waals surface area contributed by atoms with Crippen LogP contribution < -0.4 is 10.6 Å². The van der Waals surface area contributed by atoms with Gasteiger partial charge in [-0.3, -0.25) is 0 Å². The molecule has 2 nitrogen and oxygen atoms in total. The van der Waals surface area contributed by atoms with E-state index in [-0.39, 0.29) is 24.8 Å². The standard InChI is InChI=1S/C19H28N2.2ClH/c1-14(2)17(12-15-6-4-3-5-7-15)18-13-19(18)21-16-8-10-20-11-9-16;;/h3-7,12,14,16,18-21H,8-11,13H2,1-2H3;2*1H/t18?,19-;;/m0../s1. The molecule has 2 atom stereocenters. The molecule has 3 rings (SSSR count). The van der Waals surface area contributed by atoms with Crippen molar-refractivity contribution in [2.45, 2.75) is 45.2 Å². The van der Waals surface area contributed by atoms with Crippen molar-refractivity contribution in [3.63, 3.8) is 0 Å². The average Bonchev–Trinajstić information content (AvgIpc) is 3.25. The lowest BCUT2D eigenvalue weighted by Gasteiger charge is -2.24. The summed E-state index contributed by atoms with van der Waals surface area (Å²) in [4.78, 5) is 0. The highest BCUT2D eigenvalue weighted by molar-refractivity contribution is 5.85. The Kier molecular flexibility index (Phi) is 8.63. The third-order valence-corrected chi connectivity index (χ3v) is 4.81. The first kappa shape index (κ1) is 20.5. The lowest BCUT2D eigenvalue weighted by atomic mass is 9.95. The SMILES string of the molecule is CC(C)C(=Cc1ccccc1)C1C[C@@H]1NC1CCNCC1.Cl.Cl. The molecular formula is C19H30Cl2N2. The first-order valence-corrected chi connectivity index (χ1v) is 8.47. The number of nitrogens with one attached hydrogen (secondary N) is 2. The molecule has 1 aliphatic carbocycles. The van der Waals surface area contributed by atoms with Gasteiger partial charge in [0.25, 0.3) is 0 Å². The fourth-order valence-corrected chi connectivity index (χ4v) is 3.48. The summed E-state index contributed by atoms with van der Waals surface area (Å²) in [5.74, 6) is 1.38. The quantitative estimate of drug-likeness (QED) is 0.821. The number of piperidine rings is 1. The molecule has 1 aliphatic heterocycles. The van der Waals surface area contributed by atoms with Gasteiger partial charge in [0.15, 0.2) is 0 Å². The van der Waals surface area contributed by atoms with Gasteiger partial charge in [-0.25, -0.2) is 0 Å². The van der Waals surface area contributed by atoms with E-state index in [1.54, 1.807) is 5.57 Å². The van der Waals surface area contributed by atoms with Crippen molar-refractivity contribution in [2.75, 3.05) is 13.1 Å². The molecule has 1 unspecified atom stereocenters. The molecule has 1 aromatic rings. The zero-order valence-corrected chi connectivity index (χ0v) is 15.8. The van der Waals surface area contributed by atoms with Crippen molar-refractivity contribution in [2.24, 2.45) is 11.8 Å². The van der Waals surface area contributed by atoms with Crippen LogP contribution in [0, 0.1) is 11.8 Å². The summed E-state index contributed by atoms with van der Waals surface area (Å²) >= 11 is 0. The van der Waals surface area contributed by atoms with Crippen molar-refractivity contribution < 1.29 is 0 Å². The molecule has 23 heavy (non-hydrogen) atoms. The molecule has 0 radical (unpaired) electrons. The number of halogens is 2. The van der Waals surface area contributed by atoms with Crippen molar-refractivity contribution in [3.05, 3.63) is 41.5 Å². The van der Waals surface area contributed by atoms with Gasteiger partial charge in [0.2, 0.25) is 0 Å².